The lowest BCUT2D eigenvalue weighted by molar-refractivity contribution is -0.123. The van der Waals surface area contributed by atoms with Crippen molar-refractivity contribution in [2.45, 2.75) is 38.3 Å². The predicted molar refractivity (Wildman–Crippen MR) is 95.1 cm³/mol. The third-order valence-electron chi connectivity index (χ3n) is 4.69. The minimum atomic E-state index is 0.0246. The fourth-order valence-electron chi connectivity index (χ4n) is 3.58. The molecule has 2 aliphatic rings. The molecule has 0 saturated carbocycles. The predicted octanol–water partition coefficient (Wildman–Crippen LogP) is 2.14. The van der Waals surface area contributed by atoms with E-state index in [1.807, 2.05) is 13.0 Å². The van der Waals surface area contributed by atoms with Crippen molar-refractivity contribution in [1.29, 1.82) is 0 Å². The summed E-state index contributed by atoms with van der Waals surface area (Å²) in [5.74, 6) is 1.68. The maximum absolute atomic E-state index is 12.3. The number of ether oxygens (including phenoxy) is 3. The van der Waals surface area contributed by atoms with E-state index in [-0.39, 0.29) is 18.0 Å². The Balaban J connectivity index is 1.65. The van der Waals surface area contributed by atoms with E-state index in [4.69, 9.17) is 14.2 Å². The van der Waals surface area contributed by atoms with Gasteiger partial charge in [0, 0.05) is 25.6 Å². The molecule has 1 saturated heterocycles. The normalized spacial score (nSPS) is 21.6. The molecule has 1 aromatic rings. The molecule has 1 fully saturated rings. The fourth-order valence-corrected chi connectivity index (χ4v) is 3.58. The highest BCUT2D eigenvalue weighted by atomic mass is 16.5. The number of carbonyl (C=O) groups excluding carboxylic acids is 1. The van der Waals surface area contributed by atoms with E-state index in [1.165, 1.54) is 5.56 Å². The van der Waals surface area contributed by atoms with Crippen LogP contribution < -0.4 is 14.8 Å². The SMILES string of the molecule is COC[C@H](C)NC(=O)CN1CCC[C@H]1c1ccc2c(c1)OCCCO2. The first-order valence-corrected chi connectivity index (χ1v) is 9.09. The van der Waals surface area contributed by atoms with Gasteiger partial charge in [-0.3, -0.25) is 9.69 Å². The van der Waals surface area contributed by atoms with Gasteiger partial charge in [-0.15, -0.1) is 0 Å². The Hall–Kier alpha value is -1.79. The van der Waals surface area contributed by atoms with E-state index in [0.29, 0.717) is 26.4 Å². The molecule has 2 aliphatic heterocycles. The van der Waals surface area contributed by atoms with Crippen molar-refractivity contribution in [3.8, 4) is 11.5 Å². The zero-order chi connectivity index (χ0) is 17.6. The zero-order valence-corrected chi connectivity index (χ0v) is 15.1. The second kappa shape index (κ2) is 8.54. The number of carbonyl (C=O) groups is 1. The second-order valence-corrected chi connectivity index (χ2v) is 6.81. The highest BCUT2D eigenvalue weighted by molar-refractivity contribution is 5.78. The Kier molecular flexibility index (Phi) is 6.15. The molecule has 1 amide bonds. The molecular weight excluding hydrogens is 320 g/mol. The average molecular weight is 348 g/mol. The summed E-state index contributed by atoms with van der Waals surface area (Å²) in [4.78, 5) is 14.5. The number of nitrogens with one attached hydrogen (secondary N) is 1. The van der Waals surface area contributed by atoms with Gasteiger partial charge in [0.15, 0.2) is 11.5 Å². The van der Waals surface area contributed by atoms with Crippen molar-refractivity contribution < 1.29 is 19.0 Å². The highest BCUT2D eigenvalue weighted by Crippen LogP contribution is 2.37. The summed E-state index contributed by atoms with van der Waals surface area (Å²) in [6, 6.07) is 6.45. The maximum atomic E-state index is 12.3. The summed E-state index contributed by atoms with van der Waals surface area (Å²) in [7, 11) is 1.64. The van der Waals surface area contributed by atoms with Gasteiger partial charge < -0.3 is 19.5 Å². The smallest absolute Gasteiger partial charge is 0.234 e. The van der Waals surface area contributed by atoms with Crippen LogP contribution in [-0.4, -0.2) is 56.9 Å². The zero-order valence-electron chi connectivity index (χ0n) is 15.1. The molecule has 0 unspecified atom stereocenters. The minimum Gasteiger partial charge on any atom is -0.490 e. The van der Waals surface area contributed by atoms with Gasteiger partial charge in [0.25, 0.3) is 0 Å². The summed E-state index contributed by atoms with van der Waals surface area (Å²) in [5.41, 5.74) is 1.19. The molecule has 1 N–H and O–H groups in total. The molecular formula is C19H28N2O4. The van der Waals surface area contributed by atoms with Gasteiger partial charge in [-0.2, -0.15) is 0 Å². The first-order chi connectivity index (χ1) is 12.2. The fraction of sp³-hybridized carbons (Fsp3) is 0.632. The number of rotatable bonds is 6. The number of nitrogens with zero attached hydrogens (tertiary/aromatic N) is 1. The summed E-state index contributed by atoms with van der Waals surface area (Å²) >= 11 is 0. The van der Waals surface area contributed by atoms with Crippen LogP contribution in [0.1, 0.15) is 37.8 Å². The summed E-state index contributed by atoms with van der Waals surface area (Å²) in [5, 5.41) is 2.99. The Morgan fingerprint density at radius 3 is 2.92 bits per heavy atom. The molecule has 2 heterocycles. The van der Waals surface area contributed by atoms with E-state index in [0.717, 1.165) is 37.3 Å². The molecule has 138 valence electrons. The van der Waals surface area contributed by atoms with Gasteiger partial charge in [-0.25, -0.2) is 0 Å². The van der Waals surface area contributed by atoms with Crippen molar-refractivity contribution in [1.82, 2.24) is 10.2 Å². The monoisotopic (exact) mass is 348 g/mol. The van der Waals surface area contributed by atoms with Gasteiger partial charge in [-0.05, 0) is 44.0 Å². The number of methoxy groups -OCH3 is 1. The number of likely N-dealkylation sites (tertiary alicyclic amines) is 1. The number of hydrogen-bond donors (Lipinski definition) is 1. The Morgan fingerprint density at radius 2 is 2.12 bits per heavy atom. The highest BCUT2D eigenvalue weighted by Gasteiger charge is 2.28. The van der Waals surface area contributed by atoms with Gasteiger partial charge in [-0.1, -0.05) is 6.07 Å². The first-order valence-electron chi connectivity index (χ1n) is 9.09. The lowest BCUT2D eigenvalue weighted by Crippen LogP contribution is -2.42. The van der Waals surface area contributed by atoms with Crippen molar-refractivity contribution in [3.05, 3.63) is 23.8 Å². The van der Waals surface area contributed by atoms with Crippen LogP contribution in [0.4, 0.5) is 0 Å². The van der Waals surface area contributed by atoms with Crippen LogP contribution in [0.5, 0.6) is 11.5 Å². The summed E-state index contributed by atoms with van der Waals surface area (Å²) in [6.45, 7) is 5.20. The van der Waals surface area contributed by atoms with Crippen molar-refractivity contribution >= 4 is 5.91 Å². The number of amides is 1. The Labute approximate surface area is 149 Å². The molecule has 25 heavy (non-hydrogen) atoms. The maximum Gasteiger partial charge on any atom is 0.234 e. The average Bonchev–Trinajstić information content (AvgIpc) is 2.90. The van der Waals surface area contributed by atoms with Crippen LogP contribution in [0.25, 0.3) is 0 Å². The molecule has 1 aromatic carbocycles. The van der Waals surface area contributed by atoms with E-state index >= 15 is 0 Å². The van der Waals surface area contributed by atoms with Crippen molar-refractivity contribution in [2.24, 2.45) is 0 Å². The van der Waals surface area contributed by atoms with Crippen LogP contribution in [0.3, 0.4) is 0 Å². The molecule has 0 aliphatic carbocycles. The van der Waals surface area contributed by atoms with Crippen LogP contribution in [0.15, 0.2) is 18.2 Å². The molecule has 3 rings (SSSR count). The standard InChI is InChI=1S/C19H28N2O4/c1-14(13-23-2)20-19(22)12-21-8-3-5-16(21)15-6-7-17-18(11-15)25-10-4-9-24-17/h6-7,11,14,16H,3-5,8-10,12-13H2,1-2H3,(H,20,22)/t14-,16-/m0/s1. The van der Waals surface area contributed by atoms with Gasteiger partial charge in [0.05, 0.1) is 26.4 Å². The van der Waals surface area contributed by atoms with Gasteiger partial charge >= 0.3 is 0 Å². The van der Waals surface area contributed by atoms with Crippen molar-refractivity contribution in [2.75, 3.05) is 40.0 Å². The molecule has 0 aromatic heterocycles. The topological polar surface area (TPSA) is 60.0 Å². The lowest BCUT2D eigenvalue weighted by Gasteiger charge is -2.25. The van der Waals surface area contributed by atoms with Crippen LogP contribution >= 0.6 is 0 Å². The van der Waals surface area contributed by atoms with Gasteiger partial charge in [0.1, 0.15) is 0 Å². The third-order valence-corrected chi connectivity index (χ3v) is 4.69. The van der Waals surface area contributed by atoms with Gasteiger partial charge in [0.2, 0.25) is 5.91 Å². The lowest BCUT2D eigenvalue weighted by atomic mass is 10.0. The molecule has 0 bridgehead atoms. The number of fused-ring (bicyclic) bond motifs is 1. The first kappa shape index (κ1) is 18.0. The number of hydrogen-bond acceptors (Lipinski definition) is 5. The molecule has 0 radical (unpaired) electrons. The van der Waals surface area contributed by atoms with Crippen LogP contribution in [0, 0.1) is 0 Å². The van der Waals surface area contributed by atoms with E-state index in [9.17, 15) is 4.79 Å². The van der Waals surface area contributed by atoms with E-state index in [1.54, 1.807) is 7.11 Å². The van der Waals surface area contributed by atoms with Crippen molar-refractivity contribution in [3.63, 3.8) is 0 Å². The third kappa shape index (κ3) is 4.64. The van der Waals surface area contributed by atoms with E-state index in [2.05, 4.69) is 22.3 Å². The molecule has 6 heteroatoms. The summed E-state index contributed by atoms with van der Waals surface area (Å²) < 4.78 is 16.6. The molecule has 2 atom stereocenters. The quantitative estimate of drug-likeness (QED) is 0.853. The Bertz CT molecular complexity index is 593. The molecule has 6 nitrogen and oxygen atoms in total. The van der Waals surface area contributed by atoms with Crippen LogP contribution in [-0.2, 0) is 9.53 Å². The molecule has 0 spiro atoms. The summed E-state index contributed by atoms with van der Waals surface area (Å²) in [6.07, 6.45) is 3.06. The minimum absolute atomic E-state index is 0.0246. The number of benzene rings is 1. The van der Waals surface area contributed by atoms with E-state index < -0.39 is 0 Å². The Morgan fingerprint density at radius 1 is 1.32 bits per heavy atom. The van der Waals surface area contributed by atoms with Crippen LogP contribution in [0.2, 0.25) is 0 Å². The second-order valence-electron chi connectivity index (χ2n) is 6.81. The largest absolute Gasteiger partial charge is 0.490 e.